The Labute approximate surface area is 196 Å². The van der Waals surface area contributed by atoms with Crippen LogP contribution in [0.25, 0.3) is 0 Å². The predicted octanol–water partition coefficient (Wildman–Crippen LogP) is 3.21. The highest BCUT2D eigenvalue weighted by Crippen LogP contribution is 2.32. The van der Waals surface area contributed by atoms with Crippen LogP contribution in [0, 0.1) is 21.4 Å². The van der Waals surface area contributed by atoms with Gasteiger partial charge in [0, 0.05) is 43.4 Å². The van der Waals surface area contributed by atoms with Crippen LogP contribution in [-0.4, -0.2) is 49.6 Å². The van der Waals surface area contributed by atoms with Gasteiger partial charge in [-0.15, -0.1) is 0 Å². The second-order valence-corrected chi connectivity index (χ2v) is 9.56. The Balaban J connectivity index is 1.56. The number of hydrogen-bond donors (Lipinski definition) is 0. The van der Waals surface area contributed by atoms with Crippen molar-refractivity contribution in [3.63, 3.8) is 0 Å². The van der Waals surface area contributed by atoms with Crippen LogP contribution in [0.1, 0.15) is 21.5 Å². The molecule has 1 fully saturated rings. The molecule has 0 N–H and O–H groups in total. The highest BCUT2D eigenvalue weighted by molar-refractivity contribution is 7.89. The summed E-state index contributed by atoms with van der Waals surface area (Å²) >= 11 is 0. The van der Waals surface area contributed by atoms with Crippen LogP contribution in [0.4, 0.5) is 11.4 Å². The van der Waals surface area contributed by atoms with Gasteiger partial charge in [-0.2, -0.15) is 9.57 Å². The van der Waals surface area contributed by atoms with Crippen molar-refractivity contribution in [2.24, 2.45) is 0 Å². The van der Waals surface area contributed by atoms with E-state index >= 15 is 0 Å². The molecule has 34 heavy (non-hydrogen) atoms. The highest BCUT2D eigenvalue weighted by Gasteiger charge is 2.32. The van der Waals surface area contributed by atoms with Crippen LogP contribution in [0.5, 0.6) is 0 Å². The van der Waals surface area contributed by atoms with Crippen molar-refractivity contribution in [1.29, 1.82) is 5.26 Å². The summed E-state index contributed by atoms with van der Waals surface area (Å²) in [6.45, 7) is 0.648. The quantitative estimate of drug-likeness (QED) is 0.304. The molecule has 0 spiro atoms. The molecule has 0 aromatic heterocycles. The molecule has 1 aliphatic rings. The van der Waals surface area contributed by atoms with E-state index in [-0.39, 0.29) is 53.7 Å². The van der Waals surface area contributed by atoms with Gasteiger partial charge in [-0.25, -0.2) is 8.42 Å². The Bertz CT molecular complexity index is 1390. The van der Waals surface area contributed by atoms with Crippen LogP contribution < -0.4 is 4.90 Å². The molecule has 1 saturated heterocycles. The standard InChI is InChI=1S/C24H20N4O5S/c25-17-20-8-4-5-9-23(20)34(32,33)27-14-12-26(13-15-27)21-11-10-19(16-22(21)28(30)31)24(29)18-6-2-1-3-7-18/h1-11,16H,12-15H2. The summed E-state index contributed by atoms with van der Waals surface area (Å²) in [6, 6.07) is 20.8. The molecule has 0 amide bonds. The lowest BCUT2D eigenvalue weighted by molar-refractivity contribution is -0.384. The van der Waals surface area contributed by atoms with E-state index in [9.17, 15) is 28.6 Å². The number of nitro groups is 1. The van der Waals surface area contributed by atoms with E-state index in [0.717, 1.165) is 0 Å². The summed E-state index contributed by atoms with van der Waals surface area (Å²) in [6.07, 6.45) is 0. The lowest BCUT2D eigenvalue weighted by atomic mass is 10.0. The number of ketones is 1. The minimum Gasteiger partial charge on any atom is -0.363 e. The number of piperazine rings is 1. The Morgan fingerprint density at radius 3 is 2.21 bits per heavy atom. The Hall–Kier alpha value is -4.07. The van der Waals surface area contributed by atoms with Crippen LogP contribution in [0.15, 0.2) is 77.7 Å². The largest absolute Gasteiger partial charge is 0.363 e. The van der Waals surface area contributed by atoms with Gasteiger partial charge >= 0.3 is 0 Å². The van der Waals surface area contributed by atoms with Crippen molar-refractivity contribution in [2.45, 2.75) is 4.90 Å². The van der Waals surface area contributed by atoms with E-state index in [1.165, 1.54) is 28.6 Å². The normalized spacial score (nSPS) is 14.4. The second-order valence-electron chi connectivity index (χ2n) is 7.65. The topological polar surface area (TPSA) is 125 Å². The SMILES string of the molecule is N#Cc1ccccc1S(=O)(=O)N1CCN(c2ccc(C(=O)c3ccccc3)cc2[N+](=O)[O-])CC1. The molecule has 3 aromatic rings. The number of anilines is 1. The van der Waals surface area contributed by atoms with E-state index in [1.807, 2.05) is 6.07 Å². The summed E-state index contributed by atoms with van der Waals surface area (Å²) in [5.74, 6) is -0.317. The fourth-order valence-electron chi connectivity index (χ4n) is 3.93. The molecule has 172 valence electrons. The zero-order valence-electron chi connectivity index (χ0n) is 18.0. The number of carbonyl (C=O) groups excluding carboxylic acids is 1. The number of hydrogen-bond acceptors (Lipinski definition) is 7. The van der Waals surface area contributed by atoms with Crippen molar-refractivity contribution >= 4 is 27.2 Å². The van der Waals surface area contributed by atoms with Gasteiger partial charge in [0.05, 0.1) is 15.4 Å². The minimum atomic E-state index is -3.88. The summed E-state index contributed by atoms with van der Waals surface area (Å²) in [4.78, 5) is 25.6. The molecule has 0 bridgehead atoms. The first-order chi connectivity index (χ1) is 16.3. The first kappa shape index (κ1) is 23.1. The molecule has 0 aliphatic carbocycles. The first-order valence-electron chi connectivity index (χ1n) is 10.5. The van der Waals surface area contributed by atoms with Gasteiger partial charge in [-0.05, 0) is 24.3 Å². The molecule has 0 saturated carbocycles. The lowest BCUT2D eigenvalue weighted by Gasteiger charge is -2.35. The second kappa shape index (κ2) is 9.43. The lowest BCUT2D eigenvalue weighted by Crippen LogP contribution is -2.49. The minimum absolute atomic E-state index is 0.0549. The average Bonchev–Trinajstić information content (AvgIpc) is 2.88. The van der Waals surface area contributed by atoms with E-state index in [2.05, 4.69) is 0 Å². The molecule has 10 heteroatoms. The average molecular weight is 477 g/mol. The monoisotopic (exact) mass is 476 g/mol. The van der Waals surface area contributed by atoms with Gasteiger partial charge < -0.3 is 4.90 Å². The molecule has 0 atom stereocenters. The number of sulfonamides is 1. The number of nitriles is 1. The Kier molecular flexibility index (Phi) is 6.40. The van der Waals surface area contributed by atoms with Crippen molar-refractivity contribution in [1.82, 2.24) is 4.31 Å². The molecule has 4 rings (SSSR count). The molecule has 3 aromatic carbocycles. The zero-order valence-corrected chi connectivity index (χ0v) is 18.8. The van der Waals surface area contributed by atoms with Crippen LogP contribution in [0.2, 0.25) is 0 Å². The molecule has 1 aliphatic heterocycles. The number of rotatable bonds is 6. The van der Waals surface area contributed by atoms with Gasteiger partial charge in [0.2, 0.25) is 10.0 Å². The third-order valence-corrected chi connectivity index (χ3v) is 7.63. The van der Waals surface area contributed by atoms with Crippen LogP contribution in [0.3, 0.4) is 0 Å². The first-order valence-corrected chi connectivity index (χ1v) is 11.9. The van der Waals surface area contributed by atoms with E-state index in [0.29, 0.717) is 11.3 Å². The number of nitrogens with zero attached hydrogens (tertiary/aromatic N) is 4. The van der Waals surface area contributed by atoms with Gasteiger partial charge in [-0.3, -0.25) is 14.9 Å². The van der Waals surface area contributed by atoms with E-state index in [4.69, 9.17) is 0 Å². The molecule has 0 radical (unpaired) electrons. The van der Waals surface area contributed by atoms with Gasteiger partial charge in [0.25, 0.3) is 5.69 Å². The fraction of sp³-hybridized carbons (Fsp3) is 0.167. The fourth-order valence-corrected chi connectivity index (χ4v) is 5.49. The van der Waals surface area contributed by atoms with E-state index < -0.39 is 14.9 Å². The van der Waals surface area contributed by atoms with Crippen LogP contribution in [-0.2, 0) is 10.0 Å². The van der Waals surface area contributed by atoms with Crippen LogP contribution >= 0.6 is 0 Å². The molecule has 0 unspecified atom stereocenters. The molecular weight excluding hydrogens is 456 g/mol. The van der Waals surface area contributed by atoms with Gasteiger partial charge in [0.1, 0.15) is 11.8 Å². The summed E-state index contributed by atoms with van der Waals surface area (Å²) in [5, 5.41) is 21.0. The third kappa shape index (κ3) is 4.39. The maximum Gasteiger partial charge on any atom is 0.293 e. The maximum absolute atomic E-state index is 13.1. The van der Waals surface area contributed by atoms with Crippen molar-refractivity contribution in [2.75, 3.05) is 31.1 Å². The maximum atomic E-state index is 13.1. The molecule has 9 nitrogen and oxygen atoms in total. The number of benzene rings is 3. The van der Waals surface area contributed by atoms with Gasteiger partial charge in [-0.1, -0.05) is 42.5 Å². The van der Waals surface area contributed by atoms with E-state index in [1.54, 1.807) is 53.4 Å². The summed E-state index contributed by atoms with van der Waals surface area (Å²) < 4.78 is 27.4. The van der Waals surface area contributed by atoms with Crippen molar-refractivity contribution < 1.29 is 18.1 Å². The zero-order chi connectivity index (χ0) is 24.3. The highest BCUT2D eigenvalue weighted by atomic mass is 32.2. The van der Waals surface area contributed by atoms with Crippen molar-refractivity contribution in [3.8, 4) is 6.07 Å². The summed E-state index contributed by atoms with van der Waals surface area (Å²) in [7, 11) is -3.88. The number of nitro benzene ring substituents is 1. The molecule has 1 heterocycles. The van der Waals surface area contributed by atoms with Crippen molar-refractivity contribution in [3.05, 3.63) is 99.6 Å². The Morgan fingerprint density at radius 2 is 1.56 bits per heavy atom. The van der Waals surface area contributed by atoms with Gasteiger partial charge in [0.15, 0.2) is 5.78 Å². The summed E-state index contributed by atoms with van der Waals surface area (Å²) in [5.41, 5.74) is 0.813. The predicted molar refractivity (Wildman–Crippen MR) is 125 cm³/mol. The Morgan fingerprint density at radius 1 is 0.912 bits per heavy atom. The molecular formula is C24H20N4O5S. The number of carbonyl (C=O) groups is 1. The smallest absolute Gasteiger partial charge is 0.293 e. The third-order valence-electron chi connectivity index (χ3n) is 5.67.